The normalized spacial score (nSPS) is 21.4. The van der Waals surface area contributed by atoms with Gasteiger partial charge < -0.3 is 9.88 Å². The highest BCUT2D eigenvalue weighted by molar-refractivity contribution is 7.80. The van der Waals surface area contributed by atoms with Crippen LogP contribution in [0.15, 0.2) is 11.8 Å². The first-order chi connectivity index (χ1) is 8.99. The van der Waals surface area contributed by atoms with Gasteiger partial charge in [0.1, 0.15) is 5.70 Å². The van der Waals surface area contributed by atoms with Gasteiger partial charge >= 0.3 is 0 Å². The van der Waals surface area contributed by atoms with Crippen molar-refractivity contribution in [1.29, 1.82) is 0 Å². The van der Waals surface area contributed by atoms with Gasteiger partial charge in [0, 0.05) is 24.5 Å². The molecule has 1 saturated heterocycles. The van der Waals surface area contributed by atoms with Crippen molar-refractivity contribution in [3.63, 3.8) is 0 Å². The minimum absolute atomic E-state index is 0.0683. The first-order valence-electron chi connectivity index (χ1n) is 6.48. The Morgan fingerprint density at radius 1 is 1.42 bits per heavy atom. The Kier molecular flexibility index (Phi) is 2.74. The van der Waals surface area contributed by atoms with E-state index in [9.17, 15) is 4.79 Å². The Morgan fingerprint density at radius 3 is 2.63 bits per heavy atom. The predicted molar refractivity (Wildman–Crippen MR) is 78.7 cm³/mol. The summed E-state index contributed by atoms with van der Waals surface area (Å²) in [5.41, 5.74) is 4.14. The monoisotopic (exact) mass is 275 g/mol. The van der Waals surface area contributed by atoms with Crippen molar-refractivity contribution in [2.24, 2.45) is 0 Å². The van der Waals surface area contributed by atoms with Gasteiger partial charge in [-0.25, -0.2) is 0 Å². The van der Waals surface area contributed by atoms with E-state index in [2.05, 4.69) is 29.8 Å². The van der Waals surface area contributed by atoms with Gasteiger partial charge in [-0.2, -0.15) is 0 Å². The highest BCUT2D eigenvalue weighted by Gasteiger charge is 2.29. The Balaban J connectivity index is 1.98. The zero-order valence-corrected chi connectivity index (χ0v) is 12.2. The lowest BCUT2D eigenvalue weighted by Crippen LogP contribution is -2.25. The van der Waals surface area contributed by atoms with Gasteiger partial charge in [0.25, 0.3) is 5.91 Å². The Hall–Kier alpha value is -1.62. The van der Waals surface area contributed by atoms with Crippen molar-refractivity contribution >= 4 is 29.3 Å². The van der Waals surface area contributed by atoms with Crippen molar-refractivity contribution in [3.8, 4) is 0 Å². The molecule has 1 amide bonds. The van der Waals surface area contributed by atoms with Gasteiger partial charge in [0.2, 0.25) is 0 Å². The average molecular weight is 275 g/mol. The van der Waals surface area contributed by atoms with E-state index >= 15 is 0 Å². The van der Waals surface area contributed by atoms with Crippen LogP contribution in [0.2, 0.25) is 0 Å². The van der Waals surface area contributed by atoms with E-state index < -0.39 is 0 Å². The van der Waals surface area contributed by atoms with Crippen molar-refractivity contribution in [1.82, 2.24) is 14.8 Å². The number of nitrogens with one attached hydrogen (secondary N) is 1. The Labute approximate surface area is 118 Å². The number of thiocarbonyl (C=S) groups is 1. The van der Waals surface area contributed by atoms with Crippen molar-refractivity contribution in [2.75, 3.05) is 7.05 Å². The Bertz CT molecular complexity index is 610. The van der Waals surface area contributed by atoms with Crippen LogP contribution >= 0.6 is 12.2 Å². The number of rotatable bonds is 2. The highest BCUT2D eigenvalue weighted by atomic mass is 32.1. The van der Waals surface area contributed by atoms with Crippen molar-refractivity contribution < 1.29 is 4.79 Å². The molecule has 2 fully saturated rings. The molecule has 1 aliphatic carbocycles. The molecule has 2 aliphatic rings. The van der Waals surface area contributed by atoms with E-state index in [-0.39, 0.29) is 5.91 Å². The van der Waals surface area contributed by atoms with Gasteiger partial charge in [-0.15, -0.1) is 0 Å². The van der Waals surface area contributed by atoms with Gasteiger partial charge in [0.05, 0.1) is 0 Å². The first kappa shape index (κ1) is 12.4. The van der Waals surface area contributed by atoms with Crippen LogP contribution in [0.5, 0.6) is 0 Å². The van der Waals surface area contributed by atoms with E-state index in [0.717, 1.165) is 5.56 Å². The molecule has 2 heterocycles. The second kappa shape index (κ2) is 4.20. The number of hydrogen-bond acceptors (Lipinski definition) is 2. The lowest BCUT2D eigenvalue weighted by Gasteiger charge is -2.06. The molecule has 100 valence electrons. The summed E-state index contributed by atoms with van der Waals surface area (Å²) in [4.78, 5) is 13.4. The maximum absolute atomic E-state index is 12.0. The maximum Gasteiger partial charge on any atom is 0.276 e. The number of aryl methyl sites for hydroxylation is 1. The van der Waals surface area contributed by atoms with E-state index in [0.29, 0.717) is 16.9 Å². The molecule has 0 spiro atoms. The molecular formula is C14H17N3OS. The minimum Gasteiger partial charge on any atom is -0.346 e. The quantitative estimate of drug-likeness (QED) is 0.663. The maximum atomic E-state index is 12.0. The molecule has 1 N–H and O–H groups in total. The summed E-state index contributed by atoms with van der Waals surface area (Å²) >= 11 is 5.08. The van der Waals surface area contributed by atoms with Crippen molar-refractivity contribution in [2.45, 2.75) is 32.7 Å². The van der Waals surface area contributed by atoms with Crippen LogP contribution in [-0.4, -0.2) is 27.5 Å². The van der Waals surface area contributed by atoms with E-state index in [4.69, 9.17) is 12.2 Å². The highest BCUT2D eigenvalue weighted by Crippen LogP contribution is 2.38. The molecule has 1 aromatic heterocycles. The number of carbonyl (C=O) groups excluding carboxylic acids is 1. The zero-order chi connectivity index (χ0) is 13.7. The van der Waals surface area contributed by atoms with Gasteiger partial charge in [0.15, 0.2) is 5.11 Å². The standard InChI is InChI=1S/C14H17N3OS/c1-8-6-10(9(2)17(8)11-4-5-11)7-12-13(18)16(3)14(19)15-12/h6-7,11H,4-5H2,1-3H3,(H,15,19)/b12-7-. The van der Waals surface area contributed by atoms with Crippen molar-refractivity contribution in [3.05, 3.63) is 28.7 Å². The van der Waals surface area contributed by atoms with E-state index in [1.165, 1.54) is 29.1 Å². The predicted octanol–water partition coefficient (Wildman–Crippen LogP) is 2.13. The molecule has 1 saturated carbocycles. The second-order valence-corrected chi connectivity index (χ2v) is 5.67. The van der Waals surface area contributed by atoms with Gasteiger partial charge in [-0.05, 0) is 56.6 Å². The van der Waals surface area contributed by atoms with Crippen LogP contribution < -0.4 is 5.32 Å². The topological polar surface area (TPSA) is 37.3 Å². The fourth-order valence-corrected chi connectivity index (χ4v) is 2.81. The molecular weight excluding hydrogens is 258 g/mol. The van der Waals surface area contributed by atoms with E-state index in [1.807, 2.05) is 6.08 Å². The molecule has 0 atom stereocenters. The van der Waals surface area contributed by atoms with Gasteiger partial charge in [-0.3, -0.25) is 9.69 Å². The first-order valence-corrected chi connectivity index (χ1v) is 6.89. The lowest BCUT2D eigenvalue weighted by atomic mass is 10.2. The molecule has 4 nitrogen and oxygen atoms in total. The summed E-state index contributed by atoms with van der Waals surface area (Å²) in [6.45, 7) is 4.23. The van der Waals surface area contributed by atoms with Crippen LogP contribution in [0.4, 0.5) is 0 Å². The van der Waals surface area contributed by atoms with Crippen LogP contribution in [0.25, 0.3) is 6.08 Å². The third kappa shape index (κ3) is 1.98. The average Bonchev–Trinajstić information content (AvgIpc) is 3.11. The number of amides is 1. The third-order valence-corrected chi connectivity index (χ3v) is 4.19. The molecule has 5 heteroatoms. The molecule has 0 unspecified atom stereocenters. The number of nitrogens with zero attached hydrogens (tertiary/aromatic N) is 2. The molecule has 0 aromatic carbocycles. The van der Waals surface area contributed by atoms with Crippen LogP contribution in [-0.2, 0) is 4.79 Å². The smallest absolute Gasteiger partial charge is 0.276 e. The molecule has 19 heavy (non-hydrogen) atoms. The summed E-state index contributed by atoms with van der Waals surface area (Å²) < 4.78 is 2.37. The van der Waals surface area contributed by atoms with Gasteiger partial charge in [-0.1, -0.05) is 0 Å². The lowest BCUT2D eigenvalue weighted by molar-refractivity contribution is -0.121. The molecule has 1 aliphatic heterocycles. The zero-order valence-electron chi connectivity index (χ0n) is 11.4. The summed E-state index contributed by atoms with van der Waals surface area (Å²) in [5.74, 6) is -0.0683. The fraction of sp³-hybridized carbons (Fsp3) is 0.429. The van der Waals surface area contributed by atoms with Crippen LogP contribution in [0.3, 0.4) is 0 Å². The number of aromatic nitrogens is 1. The molecule has 3 rings (SSSR count). The summed E-state index contributed by atoms with van der Waals surface area (Å²) in [7, 11) is 1.69. The molecule has 0 bridgehead atoms. The minimum atomic E-state index is -0.0683. The number of likely N-dealkylation sites (N-methyl/N-ethyl adjacent to an activating group) is 1. The largest absolute Gasteiger partial charge is 0.346 e. The number of hydrogen-bond donors (Lipinski definition) is 1. The van der Waals surface area contributed by atoms with Crippen LogP contribution in [0.1, 0.15) is 35.8 Å². The van der Waals surface area contributed by atoms with Crippen LogP contribution in [0, 0.1) is 13.8 Å². The summed E-state index contributed by atoms with van der Waals surface area (Å²) in [5, 5.41) is 3.43. The Morgan fingerprint density at radius 2 is 2.11 bits per heavy atom. The molecule has 1 aromatic rings. The second-order valence-electron chi connectivity index (χ2n) is 5.28. The molecule has 0 radical (unpaired) electrons. The third-order valence-electron chi connectivity index (χ3n) is 3.82. The fourth-order valence-electron chi connectivity index (χ4n) is 2.62. The summed E-state index contributed by atoms with van der Waals surface area (Å²) in [6.07, 6.45) is 4.42. The SMILES string of the molecule is Cc1cc(/C=C2\NC(=S)N(C)C2=O)c(C)n1C1CC1. The number of carbonyl (C=O) groups is 1. The summed E-state index contributed by atoms with van der Waals surface area (Å²) in [6, 6.07) is 2.79. The van der Waals surface area contributed by atoms with E-state index in [1.54, 1.807) is 7.05 Å².